The number of allylic oxidation sites excluding steroid dienone is 2. The predicted molar refractivity (Wildman–Crippen MR) is 126 cm³/mol. The number of rotatable bonds is 9. The summed E-state index contributed by atoms with van der Waals surface area (Å²) in [6.07, 6.45) is 1.50. The Bertz CT molecular complexity index is 1110. The first-order valence-electron chi connectivity index (χ1n) is 9.73. The zero-order valence-corrected chi connectivity index (χ0v) is 19.3. The van der Waals surface area contributed by atoms with E-state index in [1.807, 2.05) is 17.5 Å². The highest BCUT2D eigenvalue weighted by Gasteiger charge is 2.36. The Morgan fingerprint density at radius 3 is 2.66 bits per heavy atom. The molecule has 1 aliphatic rings. The van der Waals surface area contributed by atoms with Gasteiger partial charge in [-0.25, -0.2) is 4.79 Å². The molecule has 0 unspecified atom stereocenters. The third-order valence-electron chi connectivity index (χ3n) is 4.79. The second-order valence-corrected chi connectivity index (χ2v) is 8.76. The highest BCUT2D eigenvalue weighted by Crippen LogP contribution is 2.42. The number of ketones is 1. The van der Waals surface area contributed by atoms with E-state index >= 15 is 0 Å². The fourth-order valence-electron chi connectivity index (χ4n) is 3.25. The van der Waals surface area contributed by atoms with Gasteiger partial charge in [0.1, 0.15) is 12.4 Å². The Balaban J connectivity index is 1.88. The van der Waals surface area contributed by atoms with E-state index < -0.39 is 11.9 Å². The maximum atomic E-state index is 12.8. The molecule has 0 aliphatic carbocycles. The van der Waals surface area contributed by atoms with Crippen LogP contribution in [0, 0.1) is 11.3 Å². The van der Waals surface area contributed by atoms with Crippen molar-refractivity contribution in [1.29, 1.82) is 5.26 Å². The summed E-state index contributed by atoms with van der Waals surface area (Å²) >= 11 is 2.71. The minimum atomic E-state index is -0.558. The Morgan fingerprint density at radius 1 is 1.31 bits per heavy atom. The van der Waals surface area contributed by atoms with Gasteiger partial charge in [-0.2, -0.15) is 5.26 Å². The number of Topliss-reactive ketones (excluding diaryl/α,β-unsaturated/α-hetero) is 1. The van der Waals surface area contributed by atoms with Crippen LogP contribution < -0.4 is 10.1 Å². The lowest BCUT2D eigenvalue weighted by atomic mass is 9.87. The highest BCUT2D eigenvalue weighted by atomic mass is 32.2. The van der Waals surface area contributed by atoms with Gasteiger partial charge in [0.05, 0.1) is 41.0 Å². The van der Waals surface area contributed by atoms with Crippen LogP contribution in [0.2, 0.25) is 0 Å². The lowest BCUT2D eigenvalue weighted by Crippen LogP contribution is -2.28. The Hall–Kier alpha value is -3.28. The largest absolute Gasteiger partial charge is 0.497 e. The first kappa shape index (κ1) is 23.4. The maximum Gasteiger partial charge on any atom is 0.337 e. The van der Waals surface area contributed by atoms with Crippen molar-refractivity contribution in [2.75, 3.05) is 19.5 Å². The number of carbonyl (C=O) groups excluding carboxylic acids is 2. The number of methoxy groups -OCH3 is 1. The lowest BCUT2D eigenvalue weighted by molar-refractivity contribution is -0.138. The number of ether oxygens (including phenoxy) is 2. The van der Waals surface area contributed by atoms with Gasteiger partial charge in [-0.3, -0.25) is 4.79 Å². The smallest absolute Gasteiger partial charge is 0.337 e. The quantitative estimate of drug-likeness (QED) is 0.323. The minimum Gasteiger partial charge on any atom is -0.497 e. The second kappa shape index (κ2) is 10.8. The van der Waals surface area contributed by atoms with E-state index in [-0.39, 0.29) is 18.1 Å². The summed E-state index contributed by atoms with van der Waals surface area (Å²) in [6.45, 7) is 5.42. The van der Waals surface area contributed by atoms with Crippen LogP contribution in [0.3, 0.4) is 0 Å². The van der Waals surface area contributed by atoms with Crippen molar-refractivity contribution in [3.05, 3.63) is 86.7 Å². The molecule has 1 aliphatic heterocycles. The van der Waals surface area contributed by atoms with Gasteiger partial charge < -0.3 is 14.8 Å². The Morgan fingerprint density at radius 2 is 2.06 bits per heavy atom. The van der Waals surface area contributed by atoms with Gasteiger partial charge in [0.25, 0.3) is 0 Å². The van der Waals surface area contributed by atoms with Crippen LogP contribution in [-0.4, -0.2) is 31.2 Å². The number of thioether (sulfide) groups is 1. The number of carbonyl (C=O) groups is 2. The second-order valence-electron chi connectivity index (χ2n) is 6.79. The average molecular weight is 467 g/mol. The SMILES string of the molecule is C=CCOC(=O)C1=C(C)NC(SCC(=O)c2ccc(OC)cc2)=C(C#N)[C@H]1c1cccs1. The van der Waals surface area contributed by atoms with Crippen LogP contribution in [-0.2, 0) is 9.53 Å². The molecule has 164 valence electrons. The molecule has 1 aromatic carbocycles. The van der Waals surface area contributed by atoms with Crippen molar-refractivity contribution >= 4 is 34.9 Å². The summed E-state index contributed by atoms with van der Waals surface area (Å²) in [6, 6.07) is 12.9. The van der Waals surface area contributed by atoms with E-state index in [9.17, 15) is 14.9 Å². The number of hydrogen-bond donors (Lipinski definition) is 1. The van der Waals surface area contributed by atoms with Crippen LogP contribution in [0.4, 0.5) is 0 Å². The van der Waals surface area contributed by atoms with Gasteiger partial charge in [-0.05, 0) is 42.6 Å². The molecule has 2 heterocycles. The molecule has 0 saturated carbocycles. The van der Waals surface area contributed by atoms with Crippen molar-refractivity contribution in [1.82, 2.24) is 5.32 Å². The molecular formula is C24H22N2O4S2. The molecule has 0 fully saturated rings. The van der Waals surface area contributed by atoms with Gasteiger partial charge >= 0.3 is 5.97 Å². The van der Waals surface area contributed by atoms with E-state index in [2.05, 4.69) is 18.0 Å². The number of hydrogen-bond acceptors (Lipinski definition) is 8. The zero-order chi connectivity index (χ0) is 23.1. The first-order chi connectivity index (χ1) is 15.5. The number of nitriles is 1. The molecule has 0 amide bonds. The van der Waals surface area contributed by atoms with Crippen molar-refractivity contribution in [2.24, 2.45) is 0 Å². The van der Waals surface area contributed by atoms with Gasteiger partial charge in [-0.15, -0.1) is 11.3 Å². The van der Waals surface area contributed by atoms with Crippen LogP contribution in [0.15, 0.2) is 76.3 Å². The van der Waals surface area contributed by atoms with Crippen molar-refractivity contribution in [2.45, 2.75) is 12.8 Å². The monoisotopic (exact) mass is 466 g/mol. The van der Waals surface area contributed by atoms with E-state index in [1.165, 1.54) is 29.2 Å². The molecule has 1 atom stereocenters. The molecule has 32 heavy (non-hydrogen) atoms. The number of benzene rings is 1. The normalized spacial score (nSPS) is 15.6. The van der Waals surface area contributed by atoms with Gasteiger partial charge in [0.15, 0.2) is 5.78 Å². The van der Waals surface area contributed by atoms with Gasteiger partial charge in [0.2, 0.25) is 0 Å². The Labute approximate surface area is 195 Å². The molecule has 1 N–H and O–H groups in total. The fraction of sp³-hybridized carbons (Fsp3) is 0.208. The number of nitrogens with one attached hydrogen (secondary N) is 1. The molecular weight excluding hydrogens is 444 g/mol. The summed E-state index contributed by atoms with van der Waals surface area (Å²) in [5, 5.41) is 15.6. The zero-order valence-electron chi connectivity index (χ0n) is 17.7. The topological polar surface area (TPSA) is 88.4 Å². The van der Waals surface area contributed by atoms with Crippen LogP contribution >= 0.6 is 23.1 Å². The molecule has 8 heteroatoms. The number of dihydropyridines is 1. The number of esters is 1. The summed E-state index contributed by atoms with van der Waals surface area (Å²) in [4.78, 5) is 26.3. The molecule has 1 aromatic heterocycles. The lowest BCUT2D eigenvalue weighted by Gasteiger charge is -2.28. The average Bonchev–Trinajstić information content (AvgIpc) is 3.35. The molecule has 2 aromatic rings. The van der Waals surface area contributed by atoms with E-state index in [0.717, 1.165) is 4.88 Å². The van der Waals surface area contributed by atoms with Crippen LogP contribution in [0.5, 0.6) is 5.75 Å². The predicted octanol–water partition coefficient (Wildman–Crippen LogP) is 4.80. The standard InChI is InChI=1S/C24H22N2O4S2/c1-4-11-30-24(28)21-15(2)26-23(18(13-25)22(21)20-6-5-12-31-20)32-14-19(27)16-7-9-17(29-3)10-8-16/h4-10,12,22,26H,1,11,14H2,2-3H3/t22-/m0/s1. The molecule has 0 radical (unpaired) electrons. The molecule has 3 rings (SSSR count). The molecule has 0 saturated heterocycles. The summed E-state index contributed by atoms with van der Waals surface area (Å²) in [7, 11) is 1.57. The summed E-state index contributed by atoms with van der Waals surface area (Å²) in [5.41, 5.74) is 1.92. The third-order valence-corrected chi connectivity index (χ3v) is 6.74. The maximum absolute atomic E-state index is 12.8. The third kappa shape index (κ3) is 5.13. The van der Waals surface area contributed by atoms with Crippen LogP contribution in [0.25, 0.3) is 0 Å². The fourth-order valence-corrected chi connectivity index (χ4v) is 5.08. The van der Waals surface area contributed by atoms with Gasteiger partial charge in [0, 0.05) is 16.1 Å². The number of thiophene rings is 1. The first-order valence-corrected chi connectivity index (χ1v) is 11.6. The summed E-state index contributed by atoms with van der Waals surface area (Å²) < 4.78 is 10.4. The van der Waals surface area contributed by atoms with Crippen molar-refractivity contribution in [3.8, 4) is 11.8 Å². The molecule has 6 nitrogen and oxygen atoms in total. The Kier molecular flexibility index (Phi) is 7.92. The highest BCUT2D eigenvalue weighted by molar-refractivity contribution is 8.03. The summed E-state index contributed by atoms with van der Waals surface area (Å²) in [5.74, 6) is -0.320. The minimum absolute atomic E-state index is 0.0743. The number of nitrogens with zero attached hydrogens (tertiary/aromatic N) is 1. The van der Waals surface area contributed by atoms with E-state index in [1.54, 1.807) is 38.3 Å². The van der Waals surface area contributed by atoms with Crippen LogP contribution in [0.1, 0.15) is 28.1 Å². The molecule has 0 spiro atoms. The van der Waals surface area contributed by atoms with E-state index in [4.69, 9.17) is 9.47 Å². The van der Waals surface area contributed by atoms with E-state index in [0.29, 0.717) is 33.2 Å². The van der Waals surface area contributed by atoms with Crippen molar-refractivity contribution < 1.29 is 19.1 Å². The molecule has 0 bridgehead atoms. The van der Waals surface area contributed by atoms with Gasteiger partial charge in [-0.1, -0.05) is 30.5 Å². The van der Waals surface area contributed by atoms with Crippen molar-refractivity contribution in [3.63, 3.8) is 0 Å².